The monoisotopic (exact) mass is 249 g/mol. The lowest BCUT2D eigenvalue weighted by Gasteiger charge is -2.01. The van der Waals surface area contributed by atoms with Crippen LogP contribution in [0.2, 0.25) is 0 Å². The molecule has 0 amide bonds. The minimum absolute atomic E-state index is 0.472. The van der Waals surface area contributed by atoms with E-state index in [0.29, 0.717) is 11.8 Å². The highest BCUT2D eigenvalue weighted by molar-refractivity contribution is 7.19. The molecule has 2 unspecified atom stereocenters. The van der Waals surface area contributed by atoms with Gasteiger partial charge in [-0.15, -0.1) is 11.3 Å². The van der Waals surface area contributed by atoms with Crippen molar-refractivity contribution in [3.05, 3.63) is 18.0 Å². The Morgan fingerprint density at radius 3 is 2.94 bits per heavy atom. The van der Waals surface area contributed by atoms with Crippen molar-refractivity contribution in [2.75, 3.05) is 5.73 Å². The number of anilines is 1. The van der Waals surface area contributed by atoms with Crippen LogP contribution in [0, 0.1) is 5.92 Å². The molecular weight excluding hydrogens is 234 g/mol. The number of hydrogen-bond donors (Lipinski definition) is 1. The minimum atomic E-state index is 0.472. The van der Waals surface area contributed by atoms with Crippen LogP contribution in [0.25, 0.3) is 10.8 Å². The number of rotatable bonds is 2. The fraction of sp³-hybridized carbons (Fsp3) is 0.500. The van der Waals surface area contributed by atoms with Gasteiger partial charge in [0.25, 0.3) is 5.89 Å². The van der Waals surface area contributed by atoms with Crippen LogP contribution >= 0.6 is 11.3 Å². The zero-order valence-corrected chi connectivity index (χ0v) is 10.5. The van der Waals surface area contributed by atoms with Gasteiger partial charge in [0, 0.05) is 5.92 Å². The average molecular weight is 249 g/mol. The summed E-state index contributed by atoms with van der Waals surface area (Å²) in [5, 5.41) is 4.87. The second-order valence-corrected chi connectivity index (χ2v) is 5.89. The molecule has 17 heavy (non-hydrogen) atoms. The van der Waals surface area contributed by atoms with Crippen molar-refractivity contribution < 1.29 is 4.52 Å². The van der Waals surface area contributed by atoms with Crippen molar-refractivity contribution in [3.8, 4) is 10.8 Å². The second-order valence-electron chi connectivity index (χ2n) is 4.77. The molecule has 5 heteroatoms. The van der Waals surface area contributed by atoms with Crippen molar-refractivity contribution in [3.63, 3.8) is 0 Å². The summed E-state index contributed by atoms with van der Waals surface area (Å²) in [5.41, 5.74) is 5.69. The van der Waals surface area contributed by atoms with E-state index in [2.05, 4.69) is 17.1 Å². The van der Waals surface area contributed by atoms with Gasteiger partial charge in [-0.2, -0.15) is 4.98 Å². The van der Waals surface area contributed by atoms with Gasteiger partial charge in [0.2, 0.25) is 0 Å². The SMILES string of the molecule is CC1CCC(c2noc(-c3ccc(N)s3)n2)C1. The summed E-state index contributed by atoms with van der Waals surface area (Å²) >= 11 is 1.48. The third kappa shape index (κ3) is 2.07. The van der Waals surface area contributed by atoms with Crippen LogP contribution in [-0.4, -0.2) is 10.1 Å². The van der Waals surface area contributed by atoms with Crippen LogP contribution in [0.5, 0.6) is 0 Å². The Hall–Kier alpha value is -1.36. The Kier molecular flexibility index (Phi) is 2.63. The molecule has 1 saturated carbocycles. The third-order valence-corrected chi connectivity index (χ3v) is 4.24. The van der Waals surface area contributed by atoms with Gasteiger partial charge in [0.15, 0.2) is 5.82 Å². The first-order chi connectivity index (χ1) is 8.22. The summed E-state index contributed by atoms with van der Waals surface area (Å²) in [5.74, 6) is 2.71. The average Bonchev–Trinajstić information content (AvgIpc) is 2.96. The Labute approximate surface area is 104 Å². The van der Waals surface area contributed by atoms with Crippen LogP contribution in [0.3, 0.4) is 0 Å². The van der Waals surface area contributed by atoms with Crippen molar-refractivity contribution in [1.29, 1.82) is 0 Å². The molecule has 0 aliphatic heterocycles. The normalized spacial score (nSPS) is 24.3. The molecule has 0 saturated heterocycles. The molecule has 4 nitrogen and oxygen atoms in total. The molecule has 2 aromatic heterocycles. The smallest absolute Gasteiger partial charge is 0.268 e. The summed E-state index contributed by atoms with van der Waals surface area (Å²) in [6.45, 7) is 2.28. The van der Waals surface area contributed by atoms with E-state index in [1.54, 1.807) is 0 Å². The first-order valence-electron chi connectivity index (χ1n) is 5.91. The van der Waals surface area contributed by atoms with Gasteiger partial charge in [-0.3, -0.25) is 0 Å². The summed E-state index contributed by atoms with van der Waals surface area (Å²) < 4.78 is 5.31. The molecule has 90 valence electrons. The number of thiophene rings is 1. The van der Waals surface area contributed by atoms with Crippen LogP contribution in [0.15, 0.2) is 16.7 Å². The van der Waals surface area contributed by atoms with E-state index in [9.17, 15) is 0 Å². The van der Waals surface area contributed by atoms with Gasteiger partial charge in [0.1, 0.15) is 0 Å². The molecule has 0 radical (unpaired) electrons. The molecule has 3 rings (SSSR count). The number of nitrogen functional groups attached to an aromatic ring is 1. The first kappa shape index (κ1) is 10.8. The molecule has 1 fully saturated rings. The molecule has 1 aliphatic rings. The van der Waals surface area contributed by atoms with Gasteiger partial charge in [-0.1, -0.05) is 12.1 Å². The van der Waals surface area contributed by atoms with Crippen LogP contribution in [0.4, 0.5) is 5.00 Å². The Morgan fingerprint density at radius 1 is 1.41 bits per heavy atom. The lowest BCUT2D eigenvalue weighted by atomic mass is 10.1. The van der Waals surface area contributed by atoms with Crippen LogP contribution in [0.1, 0.15) is 37.9 Å². The summed E-state index contributed by atoms with van der Waals surface area (Å²) in [4.78, 5) is 5.44. The summed E-state index contributed by atoms with van der Waals surface area (Å²) in [6, 6.07) is 3.79. The highest BCUT2D eigenvalue weighted by Crippen LogP contribution is 2.37. The predicted molar refractivity (Wildman–Crippen MR) is 67.8 cm³/mol. The zero-order valence-electron chi connectivity index (χ0n) is 9.72. The molecule has 2 aromatic rings. The van der Waals surface area contributed by atoms with Crippen molar-refractivity contribution in [2.45, 2.75) is 32.1 Å². The maximum atomic E-state index is 5.69. The quantitative estimate of drug-likeness (QED) is 0.887. The Balaban J connectivity index is 1.83. The third-order valence-electron chi connectivity index (χ3n) is 3.34. The predicted octanol–water partition coefficient (Wildman–Crippen LogP) is 3.28. The summed E-state index contributed by atoms with van der Waals surface area (Å²) in [7, 11) is 0. The van der Waals surface area contributed by atoms with Crippen LogP contribution < -0.4 is 5.73 Å². The van der Waals surface area contributed by atoms with Crippen LogP contribution in [-0.2, 0) is 0 Å². The van der Waals surface area contributed by atoms with E-state index in [1.165, 1.54) is 30.6 Å². The highest BCUT2D eigenvalue weighted by atomic mass is 32.1. The van der Waals surface area contributed by atoms with Crippen molar-refractivity contribution in [1.82, 2.24) is 10.1 Å². The topological polar surface area (TPSA) is 64.9 Å². The zero-order chi connectivity index (χ0) is 11.8. The number of hydrogen-bond acceptors (Lipinski definition) is 5. The van der Waals surface area contributed by atoms with E-state index in [-0.39, 0.29) is 0 Å². The molecule has 2 atom stereocenters. The highest BCUT2D eigenvalue weighted by Gasteiger charge is 2.27. The molecule has 0 aromatic carbocycles. The number of aromatic nitrogens is 2. The van der Waals surface area contributed by atoms with Gasteiger partial charge >= 0.3 is 0 Å². The van der Waals surface area contributed by atoms with E-state index in [1.807, 2.05) is 12.1 Å². The fourth-order valence-corrected chi connectivity index (χ4v) is 3.11. The molecule has 1 aliphatic carbocycles. The van der Waals surface area contributed by atoms with Gasteiger partial charge in [-0.05, 0) is 37.3 Å². The second kappa shape index (κ2) is 4.14. The Bertz CT molecular complexity index is 519. The van der Waals surface area contributed by atoms with Gasteiger partial charge < -0.3 is 10.3 Å². The lowest BCUT2D eigenvalue weighted by Crippen LogP contribution is -1.95. The maximum absolute atomic E-state index is 5.69. The number of nitrogens with zero attached hydrogens (tertiary/aromatic N) is 2. The Morgan fingerprint density at radius 2 is 2.29 bits per heavy atom. The summed E-state index contributed by atoms with van der Waals surface area (Å²) in [6.07, 6.45) is 3.61. The largest absolute Gasteiger partial charge is 0.391 e. The molecule has 2 heterocycles. The standard InChI is InChI=1S/C12H15N3OS/c1-7-2-3-8(6-7)11-14-12(16-15-11)9-4-5-10(13)17-9/h4-5,7-8H,2-3,6,13H2,1H3. The maximum Gasteiger partial charge on any atom is 0.268 e. The molecule has 0 spiro atoms. The molecular formula is C12H15N3OS. The van der Waals surface area contributed by atoms with Crippen molar-refractivity contribution in [2.24, 2.45) is 5.92 Å². The van der Waals surface area contributed by atoms with E-state index in [4.69, 9.17) is 10.3 Å². The van der Waals surface area contributed by atoms with E-state index in [0.717, 1.165) is 21.6 Å². The lowest BCUT2D eigenvalue weighted by molar-refractivity contribution is 0.415. The number of nitrogens with two attached hydrogens (primary N) is 1. The van der Waals surface area contributed by atoms with Crippen molar-refractivity contribution >= 4 is 16.3 Å². The first-order valence-corrected chi connectivity index (χ1v) is 6.73. The van der Waals surface area contributed by atoms with E-state index < -0.39 is 0 Å². The van der Waals surface area contributed by atoms with E-state index >= 15 is 0 Å². The fourth-order valence-electron chi connectivity index (χ4n) is 2.41. The van der Waals surface area contributed by atoms with Gasteiger partial charge in [0.05, 0.1) is 9.88 Å². The molecule has 2 N–H and O–H groups in total. The minimum Gasteiger partial charge on any atom is -0.391 e. The molecule has 0 bridgehead atoms. The van der Waals surface area contributed by atoms with Gasteiger partial charge in [-0.25, -0.2) is 0 Å².